The molecule has 2 nitrogen and oxygen atoms in total. The fourth-order valence-electron chi connectivity index (χ4n) is 2.34. The third kappa shape index (κ3) is 4.02. The van der Waals surface area contributed by atoms with Gasteiger partial charge in [0.1, 0.15) is 0 Å². The molecule has 1 N–H and O–H groups in total. The van der Waals surface area contributed by atoms with Crippen molar-refractivity contribution < 1.29 is 0 Å². The standard InChI is InChI=1S/C16H24N2S/c1-3-8-17-13-14-5-6-16-15(12-14)7-10-18(16)9-4-11-19-2/h5-7,10,12,17H,3-4,8-9,11,13H2,1-2H3. The van der Waals surface area contributed by atoms with Crippen LogP contribution in [-0.2, 0) is 13.1 Å². The summed E-state index contributed by atoms with van der Waals surface area (Å²) in [5, 5.41) is 4.82. The Morgan fingerprint density at radius 2 is 2.16 bits per heavy atom. The number of hydrogen-bond acceptors (Lipinski definition) is 2. The van der Waals surface area contributed by atoms with Crippen LogP contribution in [0.15, 0.2) is 30.5 Å². The number of nitrogens with zero attached hydrogens (tertiary/aromatic N) is 1. The van der Waals surface area contributed by atoms with E-state index in [1.807, 2.05) is 11.8 Å². The van der Waals surface area contributed by atoms with Crippen LogP contribution >= 0.6 is 11.8 Å². The number of aryl methyl sites for hydroxylation is 1. The van der Waals surface area contributed by atoms with Gasteiger partial charge in [0, 0.05) is 24.8 Å². The summed E-state index contributed by atoms with van der Waals surface area (Å²) in [5.41, 5.74) is 2.74. The average Bonchev–Trinajstić information content (AvgIpc) is 2.82. The van der Waals surface area contributed by atoms with Crippen molar-refractivity contribution >= 4 is 22.7 Å². The Balaban J connectivity index is 2.03. The van der Waals surface area contributed by atoms with E-state index in [0.717, 1.165) is 19.6 Å². The van der Waals surface area contributed by atoms with Gasteiger partial charge in [0.2, 0.25) is 0 Å². The molecule has 0 amide bonds. The molecule has 0 spiro atoms. The normalized spacial score (nSPS) is 11.3. The van der Waals surface area contributed by atoms with Crippen molar-refractivity contribution in [1.29, 1.82) is 0 Å². The lowest BCUT2D eigenvalue weighted by Gasteiger charge is -2.06. The largest absolute Gasteiger partial charge is 0.347 e. The van der Waals surface area contributed by atoms with Crippen LogP contribution in [0, 0.1) is 0 Å². The zero-order valence-corrected chi connectivity index (χ0v) is 12.8. The molecule has 0 saturated heterocycles. The SMILES string of the molecule is CCCNCc1ccc2c(ccn2CCCSC)c1. The molecule has 1 aromatic carbocycles. The number of fused-ring (bicyclic) bond motifs is 1. The smallest absolute Gasteiger partial charge is 0.0480 e. The molecular weight excluding hydrogens is 252 g/mol. The number of thioether (sulfide) groups is 1. The molecule has 1 aromatic heterocycles. The number of benzene rings is 1. The van der Waals surface area contributed by atoms with Crippen LogP contribution in [0.5, 0.6) is 0 Å². The Morgan fingerprint density at radius 1 is 1.26 bits per heavy atom. The van der Waals surface area contributed by atoms with Gasteiger partial charge in [-0.05, 0) is 60.5 Å². The second kappa shape index (κ2) is 7.61. The Kier molecular flexibility index (Phi) is 5.80. The Bertz CT molecular complexity index is 504. The molecule has 0 unspecified atom stereocenters. The quantitative estimate of drug-likeness (QED) is 0.737. The molecule has 2 rings (SSSR count). The molecule has 0 radical (unpaired) electrons. The van der Waals surface area contributed by atoms with Crippen LogP contribution in [0.3, 0.4) is 0 Å². The third-order valence-corrected chi connectivity index (χ3v) is 4.04. The number of nitrogens with one attached hydrogen (secondary N) is 1. The minimum absolute atomic E-state index is 0.974. The summed E-state index contributed by atoms with van der Waals surface area (Å²) in [5.74, 6) is 1.23. The second-order valence-corrected chi connectivity index (χ2v) is 5.91. The van der Waals surface area contributed by atoms with E-state index in [2.05, 4.69) is 53.5 Å². The zero-order valence-electron chi connectivity index (χ0n) is 12.0. The highest BCUT2D eigenvalue weighted by Gasteiger charge is 2.02. The van der Waals surface area contributed by atoms with E-state index >= 15 is 0 Å². The van der Waals surface area contributed by atoms with Crippen LogP contribution in [0.25, 0.3) is 10.9 Å². The van der Waals surface area contributed by atoms with Gasteiger partial charge >= 0.3 is 0 Å². The molecule has 3 heteroatoms. The highest BCUT2D eigenvalue weighted by molar-refractivity contribution is 7.98. The first-order valence-electron chi connectivity index (χ1n) is 7.12. The van der Waals surface area contributed by atoms with Crippen molar-refractivity contribution in [3.05, 3.63) is 36.0 Å². The van der Waals surface area contributed by atoms with Gasteiger partial charge in [-0.1, -0.05) is 13.0 Å². The molecule has 0 aliphatic rings. The maximum Gasteiger partial charge on any atom is 0.0480 e. The molecule has 2 aromatic rings. The van der Waals surface area contributed by atoms with Crippen molar-refractivity contribution in [2.75, 3.05) is 18.6 Å². The van der Waals surface area contributed by atoms with Crippen molar-refractivity contribution in [2.45, 2.75) is 32.9 Å². The van der Waals surface area contributed by atoms with E-state index in [-0.39, 0.29) is 0 Å². The van der Waals surface area contributed by atoms with Crippen LogP contribution in [-0.4, -0.2) is 23.1 Å². The second-order valence-electron chi connectivity index (χ2n) is 4.93. The monoisotopic (exact) mass is 276 g/mol. The molecule has 0 aliphatic carbocycles. The lowest BCUT2D eigenvalue weighted by Crippen LogP contribution is -2.13. The molecule has 0 fully saturated rings. The van der Waals surface area contributed by atoms with Gasteiger partial charge in [-0.2, -0.15) is 11.8 Å². The van der Waals surface area contributed by atoms with E-state index in [4.69, 9.17) is 0 Å². The molecule has 0 atom stereocenters. The highest BCUT2D eigenvalue weighted by atomic mass is 32.2. The summed E-state index contributed by atoms with van der Waals surface area (Å²) >= 11 is 1.92. The van der Waals surface area contributed by atoms with Gasteiger partial charge in [0.25, 0.3) is 0 Å². The van der Waals surface area contributed by atoms with Crippen LogP contribution < -0.4 is 5.32 Å². The minimum atomic E-state index is 0.974. The molecule has 104 valence electrons. The first-order chi connectivity index (χ1) is 9.35. The lowest BCUT2D eigenvalue weighted by molar-refractivity contribution is 0.675. The van der Waals surface area contributed by atoms with Gasteiger partial charge in [0.05, 0.1) is 0 Å². The Labute approximate surface area is 120 Å². The van der Waals surface area contributed by atoms with Gasteiger partial charge in [-0.25, -0.2) is 0 Å². The van der Waals surface area contributed by atoms with Gasteiger partial charge < -0.3 is 9.88 Å². The van der Waals surface area contributed by atoms with Crippen molar-refractivity contribution in [3.8, 4) is 0 Å². The summed E-state index contributed by atoms with van der Waals surface area (Å²) in [6.07, 6.45) is 6.82. The summed E-state index contributed by atoms with van der Waals surface area (Å²) in [6.45, 7) is 5.39. The third-order valence-electron chi connectivity index (χ3n) is 3.34. The molecule has 1 heterocycles. The predicted octanol–water partition coefficient (Wildman–Crippen LogP) is 3.89. The van der Waals surface area contributed by atoms with Gasteiger partial charge in [0.15, 0.2) is 0 Å². The maximum absolute atomic E-state index is 3.46. The molecule has 0 bridgehead atoms. The average molecular weight is 276 g/mol. The fourth-order valence-corrected chi connectivity index (χ4v) is 2.76. The van der Waals surface area contributed by atoms with Crippen molar-refractivity contribution in [3.63, 3.8) is 0 Å². The van der Waals surface area contributed by atoms with Gasteiger partial charge in [-0.15, -0.1) is 0 Å². The maximum atomic E-state index is 3.46. The van der Waals surface area contributed by atoms with E-state index in [1.54, 1.807) is 0 Å². The Morgan fingerprint density at radius 3 is 2.95 bits per heavy atom. The summed E-state index contributed by atoms with van der Waals surface area (Å²) in [4.78, 5) is 0. The minimum Gasteiger partial charge on any atom is -0.347 e. The van der Waals surface area contributed by atoms with Crippen LogP contribution in [0.1, 0.15) is 25.3 Å². The summed E-state index contributed by atoms with van der Waals surface area (Å²) in [7, 11) is 0. The van der Waals surface area contributed by atoms with E-state index in [1.165, 1.54) is 35.1 Å². The highest BCUT2D eigenvalue weighted by Crippen LogP contribution is 2.18. The van der Waals surface area contributed by atoms with Crippen LogP contribution in [0.2, 0.25) is 0 Å². The van der Waals surface area contributed by atoms with Crippen LogP contribution in [0.4, 0.5) is 0 Å². The Hall–Kier alpha value is -0.930. The first kappa shape index (κ1) is 14.5. The first-order valence-corrected chi connectivity index (χ1v) is 8.52. The topological polar surface area (TPSA) is 17.0 Å². The molecular formula is C16H24N2S. The number of rotatable bonds is 8. The van der Waals surface area contributed by atoms with Crippen molar-refractivity contribution in [1.82, 2.24) is 9.88 Å². The number of aromatic nitrogens is 1. The summed E-state index contributed by atoms with van der Waals surface area (Å²) in [6, 6.07) is 9.05. The van der Waals surface area contributed by atoms with E-state index < -0.39 is 0 Å². The van der Waals surface area contributed by atoms with E-state index in [9.17, 15) is 0 Å². The molecule has 0 aliphatic heterocycles. The van der Waals surface area contributed by atoms with Gasteiger partial charge in [-0.3, -0.25) is 0 Å². The predicted molar refractivity (Wildman–Crippen MR) is 86.9 cm³/mol. The fraction of sp³-hybridized carbons (Fsp3) is 0.500. The number of hydrogen-bond donors (Lipinski definition) is 1. The molecule has 19 heavy (non-hydrogen) atoms. The molecule has 0 saturated carbocycles. The van der Waals surface area contributed by atoms with E-state index in [0.29, 0.717) is 0 Å². The lowest BCUT2D eigenvalue weighted by atomic mass is 10.1. The summed E-state index contributed by atoms with van der Waals surface area (Å²) < 4.78 is 2.37. The van der Waals surface area contributed by atoms with Crippen molar-refractivity contribution in [2.24, 2.45) is 0 Å². The zero-order chi connectivity index (χ0) is 13.5.